The molecule has 2 aromatic rings. The molecule has 0 heterocycles. The number of esters is 1. The fourth-order valence-electron chi connectivity index (χ4n) is 1.83. The van der Waals surface area contributed by atoms with Crippen LogP contribution in [0.1, 0.15) is 15.9 Å². The summed E-state index contributed by atoms with van der Waals surface area (Å²) >= 11 is 0. The Balaban J connectivity index is 2.02. The van der Waals surface area contributed by atoms with Gasteiger partial charge in [0.2, 0.25) is 9.84 Å². The van der Waals surface area contributed by atoms with Crippen molar-refractivity contribution < 1.29 is 31.7 Å². The second-order valence-electron chi connectivity index (χ2n) is 4.83. The Hall–Kier alpha value is -2.88. The zero-order valence-corrected chi connectivity index (χ0v) is 13.3. The molecule has 0 saturated heterocycles. The molecule has 0 atom stereocenters. The lowest BCUT2D eigenvalue weighted by molar-refractivity contribution is -0.384. The monoisotopic (exact) mass is 371 g/mol. The summed E-state index contributed by atoms with van der Waals surface area (Å²) in [6, 6.07) is 9.27. The average molecular weight is 371 g/mol. The van der Waals surface area contributed by atoms with Crippen molar-refractivity contribution in [2.45, 2.75) is 17.3 Å². The van der Waals surface area contributed by atoms with E-state index in [4.69, 9.17) is 4.74 Å². The van der Waals surface area contributed by atoms with Crippen molar-refractivity contribution in [3.8, 4) is 0 Å². The first kappa shape index (κ1) is 18.5. The predicted octanol–water partition coefficient (Wildman–Crippen LogP) is 2.95. The summed E-state index contributed by atoms with van der Waals surface area (Å²) in [5.41, 5.74) is 0.386. The van der Waals surface area contributed by atoms with E-state index >= 15 is 0 Å². The van der Waals surface area contributed by atoms with Gasteiger partial charge in [0.05, 0.1) is 15.4 Å². The third-order valence-corrected chi connectivity index (χ3v) is 4.57. The normalized spacial score (nSPS) is 11.3. The van der Waals surface area contributed by atoms with Crippen molar-refractivity contribution in [2.75, 3.05) is 0 Å². The van der Waals surface area contributed by atoms with Crippen molar-refractivity contribution >= 4 is 21.5 Å². The predicted molar refractivity (Wildman–Crippen MR) is 81.8 cm³/mol. The topological polar surface area (TPSA) is 104 Å². The number of carbonyl (C=O) groups is 1. The fourth-order valence-corrected chi connectivity index (χ4v) is 2.55. The number of benzene rings is 2. The van der Waals surface area contributed by atoms with E-state index in [1.165, 1.54) is 24.3 Å². The molecule has 25 heavy (non-hydrogen) atoms. The Bertz CT molecular complexity index is 879. The number of rotatable bonds is 6. The van der Waals surface area contributed by atoms with Crippen molar-refractivity contribution in [3.63, 3.8) is 0 Å². The van der Waals surface area contributed by atoms with E-state index in [0.29, 0.717) is 5.56 Å². The van der Waals surface area contributed by atoms with Crippen LogP contribution in [0, 0.1) is 10.1 Å². The number of non-ortho nitro benzene ring substituents is 1. The van der Waals surface area contributed by atoms with Crippen LogP contribution in [-0.2, 0) is 21.2 Å². The summed E-state index contributed by atoms with van der Waals surface area (Å²) in [6.07, 6.45) is 0. The Morgan fingerprint density at radius 3 is 2.12 bits per heavy atom. The van der Waals surface area contributed by atoms with Crippen LogP contribution < -0.4 is 0 Å². The van der Waals surface area contributed by atoms with Crippen LogP contribution in [0.5, 0.6) is 0 Å². The largest absolute Gasteiger partial charge is 0.457 e. The van der Waals surface area contributed by atoms with Gasteiger partial charge >= 0.3 is 11.7 Å². The van der Waals surface area contributed by atoms with Crippen LogP contribution in [0.2, 0.25) is 0 Å². The summed E-state index contributed by atoms with van der Waals surface area (Å²) in [6.45, 7) is -0.159. The Morgan fingerprint density at radius 2 is 1.64 bits per heavy atom. The van der Waals surface area contributed by atoms with Gasteiger partial charge in [0, 0.05) is 12.1 Å². The van der Waals surface area contributed by atoms with Crippen LogP contribution in [-0.4, -0.2) is 25.1 Å². The maximum atomic E-state index is 12.4. The van der Waals surface area contributed by atoms with E-state index in [1.54, 1.807) is 0 Å². The molecule has 0 aromatic heterocycles. The van der Waals surface area contributed by atoms with Gasteiger partial charge in [-0.2, -0.15) is 8.78 Å². The van der Waals surface area contributed by atoms with Gasteiger partial charge in [-0.25, -0.2) is 13.2 Å². The molecule has 0 radical (unpaired) electrons. The van der Waals surface area contributed by atoms with E-state index in [-0.39, 0.29) is 17.9 Å². The summed E-state index contributed by atoms with van der Waals surface area (Å²) in [5.74, 6) is -4.34. The highest BCUT2D eigenvalue weighted by molar-refractivity contribution is 7.91. The first-order valence-electron chi connectivity index (χ1n) is 6.74. The SMILES string of the molecule is O=C(OCc1ccc([N+](=O)[O-])cc1)c1ccc(S(=O)(=O)C(F)F)cc1. The first-order chi connectivity index (χ1) is 11.7. The molecule has 0 amide bonds. The third kappa shape index (κ3) is 4.35. The molecular weight excluding hydrogens is 360 g/mol. The van der Waals surface area contributed by atoms with Gasteiger partial charge in [-0.15, -0.1) is 0 Å². The van der Waals surface area contributed by atoms with Crippen molar-refractivity contribution in [1.29, 1.82) is 0 Å². The van der Waals surface area contributed by atoms with E-state index in [2.05, 4.69) is 0 Å². The number of sulfone groups is 1. The smallest absolute Gasteiger partial charge is 0.341 e. The highest BCUT2D eigenvalue weighted by Gasteiger charge is 2.26. The number of nitro groups is 1. The quantitative estimate of drug-likeness (QED) is 0.439. The maximum Gasteiger partial charge on any atom is 0.341 e. The highest BCUT2D eigenvalue weighted by atomic mass is 32.2. The van der Waals surface area contributed by atoms with Gasteiger partial charge in [-0.05, 0) is 42.0 Å². The summed E-state index contributed by atoms with van der Waals surface area (Å²) in [5, 5.41) is 10.5. The number of alkyl halides is 2. The Labute approximate surface area is 140 Å². The molecule has 7 nitrogen and oxygen atoms in total. The summed E-state index contributed by atoms with van der Waals surface area (Å²) in [7, 11) is -4.73. The molecule has 0 N–H and O–H groups in total. The van der Waals surface area contributed by atoms with Gasteiger partial charge in [0.15, 0.2) is 0 Å². The second kappa shape index (κ2) is 7.34. The van der Waals surface area contributed by atoms with Crippen molar-refractivity contribution in [3.05, 3.63) is 69.8 Å². The molecule has 0 bridgehead atoms. The van der Waals surface area contributed by atoms with Crippen molar-refractivity contribution in [2.24, 2.45) is 0 Å². The molecule has 0 fully saturated rings. The molecule has 0 aliphatic carbocycles. The number of hydrogen-bond donors (Lipinski definition) is 0. The lowest BCUT2D eigenvalue weighted by Crippen LogP contribution is -2.12. The van der Waals surface area contributed by atoms with Gasteiger partial charge in [-0.1, -0.05) is 0 Å². The number of halogens is 2. The number of carbonyl (C=O) groups excluding carboxylic acids is 1. The lowest BCUT2D eigenvalue weighted by atomic mass is 10.2. The number of nitro benzene ring substituents is 1. The zero-order valence-electron chi connectivity index (χ0n) is 12.5. The molecule has 0 aliphatic heterocycles. The number of nitrogens with zero attached hydrogens (tertiary/aromatic N) is 1. The molecule has 0 spiro atoms. The van der Waals surface area contributed by atoms with Crippen LogP contribution >= 0.6 is 0 Å². The number of ether oxygens (including phenoxy) is 1. The first-order valence-corrected chi connectivity index (χ1v) is 8.29. The molecule has 2 rings (SSSR count). The Morgan fingerprint density at radius 1 is 1.08 bits per heavy atom. The van der Waals surface area contributed by atoms with Crippen LogP contribution in [0.4, 0.5) is 14.5 Å². The molecular formula is C15H11F2NO6S. The Kier molecular flexibility index (Phi) is 5.42. The van der Waals surface area contributed by atoms with Crippen molar-refractivity contribution in [1.82, 2.24) is 0 Å². The van der Waals surface area contributed by atoms with E-state index < -0.39 is 31.4 Å². The van der Waals surface area contributed by atoms with Crippen LogP contribution in [0.15, 0.2) is 53.4 Å². The molecule has 0 saturated carbocycles. The average Bonchev–Trinajstić information content (AvgIpc) is 2.60. The summed E-state index contributed by atoms with van der Waals surface area (Å²) in [4.78, 5) is 21.2. The molecule has 2 aromatic carbocycles. The van der Waals surface area contributed by atoms with Gasteiger partial charge in [0.25, 0.3) is 5.69 Å². The lowest BCUT2D eigenvalue weighted by Gasteiger charge is -2.06. The maximum absolute atomic E-state index is 12.4. The van der Waals surface area contributed by atoms with Crippen LogP contribution in [0.3, 0.4) is 0 Å². The van der Waals surface area contributed by atoms with Gasteiger partial charge in [0.1, 0.15) is 6.61 Å². The van der Waals surface area contributed by atoms with E-state index in [9.17, 15) is 32.1 Å². The minimum atomic E-state index is -4.73. The fraction of sp³-hybridized carbons (Fsp3) is 0.133. The standard InChI is InChI=1S/C15H11F2NO6S/c16-15(17)25(22,23)13-7-3-11(4-8-13)14(19)24-9-10-1-5-12(6-2-10)18(20)21/h1-8,15H,9H2. The van der Waals surface area contributed by atoms with E-state index in [0.717, 1.165) is 24.3 Å². The minimum Gasteiger partial charge on any atom is -0.457 e. The van der Waals surface area contributed by atoms with Crippen LogP contribution in [0.25, 0.3) is 0 Å². The summed E-state index contributed by atoms with van der Waals surface area (Å²) < 4.78 is 52.4. The van der Waals surface area contributed by atoms with Gasteiger partial charge in [-0.3, -0.25) is 10.1 Å². The van der Waals surface area contributed by atoms with E-state index in [1.807, 2.05) is 0 Å². The zero-order chi connectivity index (χ0) is 18.6. The highest BCUT2D eigenvalue weighted by Crippen LogP contribution is 2.19. The minimum absolute atomic E-state index is 0.0184. The molecule has 0 aliphatic rings. The molecule has 132 valence electrons. The molecule has 10 heteroatoms. The molecule has 0 unspecified atom stereocenters. The third-order valence-electron chi connectivity index (χ3n) is 3.17. The number of hydrogen-bond acceptors (Lipinski definition) is 6. The van der Waals surface area contributed by atoms with Gasteiger partial charge < -0.3 is 4.74 Å². The second-order valence-corrected chi connectivity index (χ2v) is 6.75.